The summed E-state index contributed by atoms with van der Waals surface area (Å²) in [5.74, 6) is -0.788. The van der Waals surface area contributed by atoms with Crippen LogP contribution < -0.4 is 5.32 Å². The fraction of sp³-hybridized carbons (Fsp3) is 0.900. The summed E-state index contributed by atoms with van der Waals surface area (Å²) in [6.45, 7) is 2.02. The van der Waals surface area contributed by atoms with Gasteiger partial charge in [0.2, 0.25) is 0 Å². The van der Waals surface area contributed by atoms with Crippen LogP contribution in [-0.4, -0.2) is 54.9 Å². The first kappa shape index (κ1) is 12.4. The maximum absolute atomic E-state index is 13.2. The van der Waals surface area contributed by atoms with Crippen LogP contribution in [0.5, 0.6) is 0 Å². The molecule has 0 aromatic rings. The maximum atomic E-state index is 13.2. The van der Waals surface area contributed by atoms with E-state index in [0.717, 1.165) is 19.5 Å². The molecule has 0 aromatic carbocycles. The predicted octanol–water partition coefficient (Wildman–Crippen LogP) is 0.483. The monoisotopic (exact) mass is 218 g/mol. The lowest BCUT2D eigenvalue weighted by molar-refractivity contribution is -0.137. The second kappa shape index (κ2) is 6.02. The molecule has 0 bridgehead atoms. The molecule has 0 aliphatic carbocycles. The molecule has 1 aliphatic rings. The van der Waals surface area contributed by atoms with Gasteiger partial charge in [0, 0.05) is 12.6 Å². The van der Waals surface area contributed by atoms with E-state index in [9.17, 15) is 9.18 Å². The highest BCUT2D eigenvalue weighted by Crippen LogP contribution is 2.14. The number of nitrogens with one attached hydrogen (secondary N) is 1. The van der Waals surface area contributed by atoms with E-state index in [-0.39, 0.29) is 12.5 Å². The number of halogens is 1. The van der Waals surface area contributed by atoms with Crippen LogP contribution in [-0.2, 0) is 4.79 Å². The highest BCUT2D eigenvalue weighted by atomic mass is 19.1. The van der Waals surface area contributed by atoms with Crippen molar-refractivity contribution in [1.29, 1.82) is 0 Å². The van der Waals surface area contributed by atoms with Crippen molar-refractivity contribution < 1.29 is 14.3 Å². The number of carbonyl (C=O) groups is 1. The Morgan fingerprint density at radius 2 is 2.33 bits per heavy atom. The summed E-state index contributed by atoms with van der Waals surface area (Å²) in [6.07, 6.45) is 0.756. The molecule has 5 heteroatoms. The zero-order valence-corrected chi connectivity index (χ0v) is 9.08. The number of carboxylic acid groups (broad SMARTS) is 1. The Hall–Kier alpha value is -0.680. The highest BCUT2D eigenvalue weighted by Gasteiger charge is 2.25. The quantitative estimate of drug-likeness (QED) is 0.681. The van der Waals surface area contributed by atoms with Crippen LogP contribution in [0.2, 0.25) is 0 Å². The summed E-state index contributed by atoms with van der Waals surface area (Å²) in [6, 6.07) is -0.0442. The molecular formula is C10H19FN2O2. The van der Waals surface area contributed by atoms with Gasteiger partial charge in [-0.3, -0.25) is 4.79 Å². The van der Waals surface area contributed by atoms with Crippen molar-refractivity contribution in [2.24, 2.45) is 0 Å². The molecule has 1 fully saturated rings. The molecule has 0 spiro atoms. The van der Waals surface area contributed by atoms with Crippen LogP contribution in [0.1, 0.15) is 19.3 Å². The van der Waals surface area contributed by atoms with Crippen molar-refractivity contribution >= 4 is 5.97 Å². The van der Waals surface area contributed by atoms with Crippen molar-refractivity contribution in [2.45, 2.75) is 31.5 Å². The van der Waals surface area contributed by atoms with Gasteiger partial charge in [-0.1, -0.05) is 0 Å². The van der Waals surface area contributed by atoms with Gasteiger partial charge in [0.15, 0.2) is 0 Å². The van der Waals surface area contributed by atoms with Gasteiger partial charge in [0.1, 0.15) is 6.17 Å². The molecule has 0 aromatic heterocycles. The fourth-order valence-corrected chi connectivity index (χ4v) is 1.78. The van der Waals surface area contributed by atoms with Crippen molar-refractivity contribution in [2.75, 3.05) is 26.7 Å². The SMILES string of the molecule is CN(CCC(=O)O)CCC1NCCC1F. The average Bonchev–Trinajstić information content (AvgIpc) is 2.58. The molecule has 4 nitrogen and oxygen atoms in total. The van der Waals surface area contributed by atoms with Gasteiger partial charge < -0.3 is 15.3 Å². The molecule has 2 atom stereocenters. The highest BCUT2D eigenvalue weighted by molar-refractivity contribution is 5.66. The van der Waals surface area contributed by atoms with Gasteiger partial charge >= 0.3 is 5.97 Å². The van der Waals surface area contributed by atoms with Crippen molar-refractivity contribution in [3.8, 4) is 0 Å². The molecule has 1 rings (SSSR count). The lowest BCUT2D eigenvalue weighted by Gasteiger charge is -2.19. The Morgan fingerprint density at radius 3 is 2.87 bits per heavy atom. The third-order valence-corrected chi connectivity index (χ3v) is 2.79. The Labute approximate surface area is 89.4 Å². The van der Waals surface area contributed by atoms with Crippen molar-refractivity contribution in [1.82, 2.24) is 10.2 Å². The van der Waals surface area contributed by atoms with Gasteiger partial charge in [-0.15, -0.1) is 0 Å². The number of alkyl halides is 1. The number of carboxylic acids is 1. The number of hydrogen-bond donors (Lipinski definition) is 2. The first-order chi connectivity index (χ1) is 7.09. The van der Waals surface area contributed by atoms with Gasteiger partial charge in [0.25, 0.3) is 0 Å². The zero-order chi connectivity index (χ0) is 11.3. The third kappa shape index (κ3) is 4.57. The normalized spacial score (nSPS) is 26.1. The summed E-state index contributed by atoms with van der Waals surface area (Å²) >= 11 is 0. The van der Waals surface area contributed by atoms with Crippen molar-refractivity contribution in [3.63, 3.8) is 0 Å². The molecule has 0 radical (unpaired) electrons. The van der Waals surface area contributed by atoms with Crippen LogP contribution in [0.4, 0.5) is 4.39 Å². The van der Waals surface area contributed by atoms with Gasteiger partial charge in [-0.05, 0) is 33.0 Å². The van der Waals surface area contributed by atoms with Crippen LogP contribution >= 0.6 is 0 Å². The Bertz CT molecular complexity index is 214. The largest absolute Gasteiger partial charge is 0.481 e. The summed E-state index contributed by atoms with van der Waals surface area (Å²) in [4.78, 5) is 12.2. The number of rotatable bonds is 6. The van der Waals surface area contributed by atoms with Crippen LogP contribution in [0.25, 0.3) is 0 Å². The van der Waals surface area contributed by atoms with E-state index in [1.807, 2.05) is 11.9 Å². The second-order valence-electron chi connectivity index (χ2n) is 4.10. The molecule has 0 saturated carbocycles. The molecule has 0 amide bonds. The minimum atomic E-state index is -0.788. The van der Waals surface area contributed by atoms with Crippen LogP contribution in [0.3, 0.4) is 0 Å². The minimum absolute atomic E-state index is 0.0442. The topological polar surface area (TPSA) is 52.6 Å². The van der Waals surface area contributed by atoms with E-state index >= 15 is 0 Å². The van der Waals surface area contributed by atoms with E-state index in [1.165, 1.54) is 0 Å². The number of nitrogens with zero attached hydrogens (tertiary/aromatic N) is 1. The zero-order valence-electron chi connectivity index (χ0n) is 9.08. The molecule has 1 aliphatic heterocycles. The van der Waals surface area contributed by atoms with Gasteiger partial charge in [0.05, 0.1) is 6.42 Å². The minimum Gasteiger partial charge on any atom is -0.481 e. The number of aliphatic carboxylic acids is 1. The molecule has 88 valence electrons. The molecule has 15 heavy (non-hydrogen) atoms. The lowest BCUT2D eigenvalue weighted by atomic mass is 10.1. The molecule has 1 heterocycles. The van der Waals surface area contributed by atoms with E-state index in [0.29, 0.717) is 13.0 Å². The standard InChI is InChI=1S/C10H19FN2O2/c1-13(7-4-10(14)15)6-3-9-8(11)2-5-12-9/h8-9,12H,2-7H2,1H3,(H,14,15). The third-order valence-electron chi connectivity index (χ3n) is 2.79. The van der Waals surface area contributed by atoms with Crippen molar-refractivity contribution in [3.05, 3.63) is 0 Å². The Morgan fingerprint density at radius 1 is 1.60 bits per heavy atom. The predicted molar refractivity (Wildman–Crippen MR) is 55.7 cm³/mol. The Kier molecular flexibility index (Phi) is 4.98. The summed E-state index contributed by atoms with van der Waals surface area (Å²) in [7, 11) is 1.87. The Balaban J connectivity index is 2.10. The van der Waals surface area contributed by atoms with Gasteiger partial charge in [-0.25, -0.2) is 4.39 Å². The molecular weight excluding hydrogens is 199 g/mol. The molecule has 1 saturated heterocycles. The first-order valence-electron chi connectivity index (χ1n) is 5.37. The smallest absolute Gasteiger partial charge is 0.304 e. The molecule has 2 unspecified atom stereocenters. The lowest BCUT2D eigenvalue weighted by Crippen LogP contribution is -2.33. The summed E-state index contributed by atoms with van der Waals surface area (Å²) in [5, 5.41) is 11.6. The van der Waals surface area contributed by atoms with Gasteiger partial charge in [-0.2, -0.15) is 0 Å². The first-order valence-corrected chi connectivity index (χ1v) is 5.37. The fourth-order valence-electron chi connectivity index (χ4n) is 1.78. The maximum Gasteiger partial charge on any atom is 0.304 e. The van der Waals surface area contributed by atoms with E-state index in [2.05, 4.69) is 5.32 Å². The molecule has 2 N–H and O–H groups in total. The van der Waals surface area contributed by atoms with E-state index < -0.39 is 12.1 Å². The van der Waals surface area contributed by atoms with Crippen LogP contribution in [0.15, 0.2) is 0 Å². The number of hydrogen-bond acceptors (Lipinski definition) is 3. The van der Waals surface area contributed by atoms with E-state index in [1.54, 1.807) is 0 Å². The van der Waals surface area contributed by atoms with Crippen LogP contribution in [0, 0.1) is 0 Å². The summed E-state index contributed by atoms with van der Waals surface area (Å²) in [5.41, 5.74) is 0. The second-order valence-corrected chi connectivity index (χ2v) is 4.10. The average molecular weight is 218 g/mol. The summed E-state index contributed by atoms with van der Waals surface area (Å²) < 4.78 is 13.2. The van der Waals surface area contributed by atoms with E-state index in [4.69, 9.17) is 5.11 Å².